The van der Waals surface area contributed by atoms with Crippen molar-refractivity contribution in [1.29, 1.82) is 5.26 Å². The molecule has 0 aromatic heterocycles. The average Bonchev–Trinajstić information content (AvgIpc) is 2.46. The smallest absolute Gasteiger partial charge is 0.319 e. The van der Waals surface area contributed by atoms with Crippen molar-refractivity contribution in [2.45, 2.75) is 32.2 Å². The zero-order chi connectivity index (χ0) is 14.3. The van der Waals surface area contributed by atoms with Crippen molar-refractivity contribution >= 4 is 11.7 Å². The third-order valence-electron chi connectivity index (χ3n) is 3.31. The summed E-state index contributed by atoms with van der Waals surface area (Å²) >= 11 is 0. The standard InChI is InChI=1S/C14H19N3O2/c1-3-14(4-2,10-18)17-13(19)16-12-7-5-11(9-15)6-8-12/h5-8,18H,3-4,10H2,1-2H3,(H2,16,17,19). The average molecular weight is 261 g/mol. The molecule has 19 heavy (non-hydrogen) atoms. The number of benzene rings is 1. The van der Waals surface area contributed by atoms with Gasteiger partial charge in [-0.1, -0.05) is 13.8 Å². The van der Waals surface area contributed by atoms with Crippen molar-refractivity contribution in [3.05, 3.63) is 29.8 Å². The van der Waals surface area contributed by atoms with Crippen LogP contribution in [0, 0.1) is 11.3 Å². The van der Waals surface area contributed by atoms with E-state index in [4.69, 9.17) is 5.26 Å². The van der Waals surface area contributed by atoms with E-state index in [2.05, 4.69) is 10.6 Å². The number of aliphatic hydroxyl groups excluding tert-OH is 1. The number of carbonyl (C=O) groups excluding carboxylic acids is 1. The van der Waals surface area contributed by atoms with Crippen LogP contribution in [0.2, 0.25) is 0 Å². The van der Waals surface area contributed by atoms with Crippen LogP contribution in [0.25, 0.3) is 0 Å². The highest BCUT2D eigenvalue weighted by Gasteiger charge is 2.27. The molecule has 0 heterocycles. The zero-order valence-corrected chi connectivity index (χ0v) is 11.2. The molecule has 0 spiro atoms. The molecule has 2 amide bonds. The molecule has 0 fully saturated rings. The minimum Gasteiger partial charge on any atom is -0.394 e. The van der Waals surface area contributed by atoms with Gasteiger partial charge in [-0.15, -0.1) is 0 Å². The SMILES string of the molecule is CCC(CC)(CO)NC(=O)Nc1ccc(C#N)cc1. The minimum absolute atomic E-state index is 0.0964. The first-order valence-electron chi connectivity index (χ1n) is 6.29. The van der Waals surface area contributed by atoms with E-state index in [0.717, 1.165) is 0 Å². The Kier molecular flexibility index (Phi) is 5.34. The number of urea groups is 1. The molecule has 1 aromatic carbocycles. The molecule has 1 rings (SSSR count). The third kappa shape index (κ3) is 3.97. The second kappa shape index (κ2) is 6.76. The van der Waals surface area contributed by atoms with Crippen LogP contribution in [-0.2, 0) is 0 Å². The highest BCUT2D eigenvalue weighted by Crippen LogP contribution is 2.15. The Labute approximate surface area is 113 Å². The summed E-state index contributed by atoms with van der Waals surface area (Å²) in [7, 11) is 0. The van der Waals surface area contributed by atoms with Crippen molar-refractivity contribution in [3.63, 3.8) is 0 Å². The normalized spacial score (nSPS) is 10.6. The van der Waals surface area contributed by atoms with Crippen LogP contribution in [-0.4, -0.2) is 23.3 Å². The predicted molar refractivity (Wildman–Crippen MR) is 73.7 cm³/mol. The molecule has 3 N–H and O–H groups in total. The molecule has 0 saturated heterocycles. The fourth-order valence-electron chi connectivity index (χ4n) is 1.72. The number of nitriles is 1. The van der Waals surface area contributed by atoms with Gasteiger partial charge >= 0.3 is 6.03 Å². The molecule has 102 valence electrons. The Bertz CT molecular complexity index is 450. The van der Waals surface area contributed by atoms with Gasteiger partial charge in [0.1, 0.15) is 0 Å². The van der Waals surface area contributed by atoms with E-state index in [1.807, 2.05) is 19.9 Å². The number of amides is 2. The van der Waals surface area contributed by atoms with Crippen molar-refractivity contribution in [2.24, 2.45) is 0 Å². The molecule has 0 atom stereocenters. The molecule has 5 heteroatoms. The number of anilines is 1. The minimum atomic E-state index is -0.587. The first-order chi connectivity index (χ1) is 9.09. The van der Waals surface area contributed by atoms with E-state index in [9.17, 15) is 9.90 Å². The van der Waals surface area contributed by atoms with E-state index in [-0.39, 0.29) is 12.6 Å². The van der Waals surface area contributed by atoms with Gasteiger partial charge < -0.3 is 15.7 Å². The van der Waals surface area contributed by atoms with E-state index in [1.165, 1.54) is 0 Å². The summed E-state index contributed by atoms with van der Waals surface area (Å²) in [5.74, 6) is 0. The maximum absolute atomic E-state index is 11.9. The molecule has 5 nitrogen and oxygen atoms in total. The summed E-state index contributed by atoms with van der Waals surface area (Å²) < 4.78 is 0. The van der Waals surface area contributed by atoms with Gasteiger partial charge in [-0.2, -0.15) is 5.26 Å². The Balaban J connectivity index is 2.66. The maximum atomic E-state index is 11.9. The largest absolute Gasteiger partial charge is 0.394 e. The molecule has 0 aliphatic rings. The number of hydrogen-bond donors (Lipinski definition) is 3. The summed E-state index contributed by atoms with van der Waals surface area (Å²) in [5.41, 5.74) is 0.560. The number of hydrogen-bond acceptors (Lipinski definition) is 3. The fourth-order valence-corrected chi connectivity index (χ4v) is 1.72. The quantitative estimate of drug-likeness (QED) is 0.759. The van der Waals surface area contributed by atoms with Gasteiger partial charge in [0, 0.05) is 5.69 Å². The first kappa shape index (κ1) is 15.0. The molecule has 0 saturated carbocycles. The monoisotopic (exact) mass is 261 g/mol. The Morgan fingerprint density at radius 3 is 2.32 bits per heavy atom. The van der Waals surface area contributed by atoms with E-state index in [0.29, 0.717) is 24.1 Å². The van der Waals surface area contributed by atoms with Crippen LogP contribution in [0.1, 0.15) is 32.3 Å². The summed E-state index contributed by atoms with van der Waals surface area (Å²) in [6.07, 6.45) is 1.31. The maximum Gasteiger partial charge on any atom is 0.319 e. The second-order valence-electron chi connectivity index (χ2n) is 4.41. The molecular weight excluding hydrogens is 242 g/mol. The van der Waals surface area contributed by atoms with E-state index >= 15 is 0 Å². The summed E-state index contributed by atoms with van der Waals surface area (Å²) in [6.45, 7) is 3.74. The highest BCUT2D eigenvalue weighted by atomic mass is 16.3. The predicted octanol–water partition coefficient (Wildman–Crippen LogP) is 2.23. The van der Waals surface area contributed by atoms with E-state index < -0.39 is 5.54 Å². The zero-order valence-electron chi connectivity index (χ0n) is 11.2. The topological polar surface area (TPSA) is 85.2 Å². The Morgan fingerprint density at radius 1 is 1.32 bits per heavy atom. The van der Waals surface area contributed by atoms with Gasteiger partial charge in [0.05, 0.1) is 23.8 Å². The molecule has 0 radical (unpaired) electrons. The molecule has 0 bridgehead atoms. The van der Waals surface area contributed by atoms with Crippen LogP contribution in [0.5, 0.6) is 0 Å². The molecular formula is C14H19N3O2. The molecule has 1 aromatic rings. The second-order valence-corrected chi connectivity index (χ2v) is 4.41. The molecule has 0 aliphatic carbocycles. The number of aliphatic hydroxyl groups is 1. The van der Waals surface area contributed by atoms with Crippen LogP contribution in [0.3, 0.4) is 0 Å². The van der Waals surface area contributed by atoms with Gasteiger partial charge in [-0.05, 0) is 37.1 Å². The van der Waals surface area contributed by atoms with Crippen molar-refractivity contribution < 1.29 is 9.90 Å². The van der Waals surface area contributed by atoms with Crippen LogP contribution >= 0.6 is 0 Å². The van der Waals surface area contributed by atoms with Gasteiger partial charge in [0.2, 0.25) is 0 Å². The van der Waals surface area contributed by atoms with E-state index in [1.54, 1.807) is 24.3 Å². The van der Waals surface area contributed by atoms with Crippen molar-refractivity contribution in [3.8, 4) is 6.07 Å². The number of nitrogens with zero attached hydrogens (tertiary/aromatic N) is 1. The lowest BCUT2D eigenvalue weighted by Gasteiger charge is -2.30. The number of carbonyl (C=O) groups is 1. The lowest BCUT2D eigenvalue weighted by atomic mass is 9.94. The number of rotatable bonds is 5. The summed E-state index contributed by atoms with van der Waals surface area (Å²) in [6, 6.07) is 8.25. The summed E-state index contributed by atoms with van der Waals surface area (Å²) in [4.78, 5) is 11.9. The van der Waals surface area contributed by atoms with Gasteiger partial charge in [0.25, 0.3) is 0 Å². The lowest BCUT2D eigenvalue weighted by Crippen LogP contribution is -2.51. The highest BCUT2D eigenvalue weighted by molar-refractivity contribution is 5.89. The fraction of sp³-hybridized carbons (Fsp3) is 0.429. The first-order valence-corrected chi connectivity index (χ1v) is 6.29. The molecule has 0 aliphatic heterocycles. The van der Waals surface area contributed by atoms with Gasteiger partial charge in [-0.25, -0.2) is 4.79 Å². The third-order valence-corrected chi connectivity index (χ3v) is 3.31. The molecule has 0 unspecified atom stereocenters. The van der Waals surface area contributed by atoms with Crippen molar-refractivity contribution in [1.82, 2.24) is 5.32 Å². The van der Waals surface area contributed by atoms with Crippen LogP contribution < -0.4 is 10.6 Å². The Morgan fingerprint density at radius 2 is 1.89 bits per heavy atom. The van der Waals surface area contributed by atoms with Crippen LogP contribution in [0.15, 0.2) is 24.3 Å². The van der Waals surface area contributed by atoms with Crippen LogP contribution in [0.4, 0.5) is 10.5 Å². The summed E-state index contributed by atoms with van der Waals surface area (Å²) in [5, 5.41) is 23.5. The number of nitrogens with one attached hydrogen (secondary N) is 2. The van der Waals surface area contributed by atoms with Gasteiger partial charge in [0.15, 0.2) is 0 Å². The van der Waals surface area contributed by atoms with Gasteiger partial charge in [-0.3, -0.25) is 0 Å². The Hall–Kier alpha value is -2.06. The lowest BCUT2D eigenvalue weighted by molar-refractivity contribution is 0.155. The van der Waals surface area contributed by atoms with Crippen molar-refractivity contribution in [2.75, 3.05) is 11.9 Å².